The molecule has 1 amide bonds. The summed E-state index contributed by atoms with van der Waals surface area (Å²) in [6, 6.07) is 16.9. The van der Waals surface area contributed by atoms with Crippen LogP contribution in [0.3, 0.4) is 0 Å². The standard InChI is InChI=1S/C23H30N2O3S/c1-3-25(4-2)29(27,28)22-12-8-11-21(18-22)23(26)24-15-13-20(14-16-24)17-19-9-6-5-7-10-19/h5-12,18,20H,3-4,13-17H2,1-2H3. The van der Waals surface area contributed by atoms with Crippen LogP contribution in [0.25, 0.3) is 0 Å². The minimum Gasteiger partial charge on any atom is -0.339 e. The van der Waals surface area contributed by atoms with Crippen LogP contribution in [0.1, 0.15) is 42.6 Å². The quantitative estimate of drug-likeness (QED) is 0.692. The number of piperidine rings is 1. The fourth-order valence-electron chi connectivity index (χ4n) is 3.97. The lowest BCUT2D eigenvalue weighted by Crippen LogP contribution is -2.39. The first-order chi connectivity index (χ1) is 14.0. The normalized spacial score (nSPS) is 15.6. The highest BCUT2D eigenvalue weighted by atomic mass is 32.2. The summed E-state index contributed by atoms with van der Waals surface area (Å²) in [5.74, 6) is 0.496. The van der Waals surface area contributed by atoms with Gasteiger partial charge < -0.3 is 4.90 Å². The topological polar surface area (TPSA) is 57.7 Å². The molecule has 0 aliphatic carbocycles. The molecule has 1 aliphatic rings. The van der Waals surface area contributed by atoms with Crippen molar-refractivity contribution in [3.63, 3.8) is 0 Å². The van der Waals surface area contributed by atoms with E-state index in [1.54, 1.807) is 18.2 Å². The first kappa shape index (κ1) is 21.5. The minimum absolute atomic E-state index is 0.0836. The van der Waals surface area contributed by atoms with Crippen molar-refractivity contribution in [1.29, 1.82) is 0 Å². The minimum atomic E-state index is -3.57. The van der Waals surface area contributed by atoms with Gasteiger partial charge in [0.1, 0.15) is 0 Å². The van der Waals surface area contributed by atoms with Gasteiger partial charge in [0.05, 0.1) is 4.90 Å². The van der Waals surface area contributed by atoms with Crippen molar-refractivity contribution in [2.45, 2.75) is 38.0 Å². The summed E-state index contributed by atoms with van der Waals surface area (Å²) in [6.45, 7) is 5.87. The van der Waals surface area contributed by atoms with Gasteiger partial charge in [-0.2, -0.15) is 4.31 Å². The van der Waals surface area contributed by atoms with Crippen LogP contribution in [0.4, 0.5) is 0 Å². The van der Waals surface area contributed by atoms with Crippen molar-refractivity contribution in [2.24, 2.45) is 5.92 Å². The number of hydrogen-bond acceptors (Lipinski definition) is 3. The molecule has 6 heteroatoms. The summed E-state index contributed by atoms with van der Waals surface area (Å²) in [6.07, 6.45) is 2.98. The maximum atomic E-state index is 13.0. The molecule has 0 N–H and O–H groups in total. The first-order valence-corrected chi connectivity index (χ1v) is 11.8. The fraction of sp³-hybridized carbons (Fsp3) is 0.435. The molecule has 1 saturated heterocycles. The van der Waals surface area contributed by atoms with Crippen molar-refractivity contribution in [1.82, 2.24) is 9.21 Å². The molecule has 5 nitrogen and oxygen atoms in total. The molecule has 0 radical (unpaired) electrons. The number of benzene rings is 2. The van der Waals surface area contributed by atoms with E-state index in [0.29, 0.717) is 37.7 Å². The van der Waals surface area contributed by atoms with Gasteiger partial charge in [0.2, 0.25) is 10.0 Å². The number of nitrogens with zero attached hydrogens (tertiary/aromatic N) is 2. The predicted octanol–water partition coefficient (Wildman–Crippen LogP) is 3.81. The molecule has 2 aromatic rings. The average molecular weight is 415 g/mol. The maximum absolute atomic E-state index is 13.0. The van der Waals surface area contributed by atoms with Gasteiger partial charge in [-0.1, -0.05) is 50.2 Å². The Kier molecular flexibility index (Phi) is 7.09. The van der Waals surface area contributed by atoms with Gasteiger partial charge in [0.25, 0.3) is 5.91 Å². The van der Waals surface area contributed by atoms with Crippen LogP contribution in [-0.4, -0.2) is 49.7 Å². The van der Waals surface area contributed by atoms with Crippen LogP contribution >= 0.6 is 0 Å². The van der Waals surface area contributed by atoms with Crippen molar-refractivity contribution in [3.8, 4) is 0 Å². The summed E-state index contributed by atoms with van der Waals surface area (Å²) in [5, 5.41) is 0. The molecule has 0 spiro atoms. The number of carbonyl (C=O) groups excluding carboxylic acids is 1. The molecule has 0 atom stereocenters. The molecular weight excluding hydrogens is 384 g/mol. The molecule has 0 saturated carbocycles. The molecule has 2 aromatic carbocycles. The van der Waals surface area contributed by atoms with E-state index in [-0.39, 0.29) is 10.8 Å². The monoisotopic (exact) mass is 414 g/mol. The number of hydrogen-bond donors (Lipinski definition) is 0. The largest absolute Gasteiger partial charge is 0.339 e. The molecular formula is C23H30N2O3S. The molecule has 1 heterocycles. The van der Waals surface area contributed by atoms with E-state index in [2.05, 4.69) is 24.3 Å². The van der Waals surface area contributed by atoms with E-state index >= 15 is 0 Å². The Balaban J connectivity index is 1.66. The van der Waals surface area contributed by atoms with Crippen LogP contribution in [0.5, 0.6) is 0 Å². The third-order valence-electron chi connectivity index (χ3n) is 5.69. The molecule has 3 rings (SSSR count). The van der Waals surface area contributed by atoms with E-state index in [4.69, 9.17) is 0 Å². The lowest BCUT2D eigenvalue weighted by Gasteiger charge is -2.32. The van der Waals surface area contributed by atoms with Gasteiger partial charge in [0.15, 0.2) is 0 Å². The molecule has 0 unspecified atom stereocenters. The van der Waals surface area contributed by atoms with Gasteiger partial charge >= 0.3 is 0 Å². The Bertz CT molecular complexity index is 916. The Hall–Kier alpha value is -2.18. The molecule has 0 aromatic heterocycles. The second kappa shape index (κ2) is 9.55. The zero-order chi connectivity index (χ0) is 20.9. The number of rotatable bonds is 7. The second-order valence-corrected chi connectivity index (χ2v) is 9.48. The Morgan fingerprint density at radius 1 is 1.00 bits per heavy atom. The highest BCUT2D eigenvalue weighted by Crippen LogP contribution is 2.24. The van der Waals surface area contributed by atoms with E-state index in [9.17, 15) is 13.2 Å². The van der Waals surface area contributed by atoms with Gasteiger partial charge in [-0.05, 0) is 48.9 Å². The van der Waals surface area contributed by atoms with Crippen LogP contribution in [0.2, 0.25) is 0 Å². The summed E-state index contributed by atoms with van der Waals surface area (Å²) < 4.78 is 26.9. The molecule has 29 heavy (non-hydrogen) atoms. The highest BCUT2D eigenvalue weighted by Gasteiger charge is 2.26. The van der Waals surface area contributed by atoms with Crippen LogP contribution in [0.15, 0.2) is 59.5 Å². The lowest BCUT2D eigenvalue weighted by molar-refractivity contribution is 0.0690. The Morgan fingerprint density at radius 3 is 2.28 bits per heavy atom. The van der Waals surface area contributed by atoms with Gasteiger partial charge in [-0.15, -0.1) is 0 Å². The first-order valence-electron chi connectivity index (χ1n) is 10.4. The zero-order valence-electron chi connectivity index (χ0n) is 17.3. The third kappa shape index (κ3) is 5.06. The van der Waals surface area contributed by atoms with Crippen molar-refractivity contribution in [3.05, 3.63) is 65.7 Å². The van der Waals surface area contributed by atoms with Gasteiger partial charge in [0, 0.05) is 31.7 Å². The van der Waals surface area contributed by atoms with E-state index in [1.807, 2.05) is 24.8 Å². The smallest absolute Gasteiger partial charge is 0.253 e. The Labute approximate surface area is 174 Å². The number of likely N-dealkylation sites (tertiary alicyclic amines) is 1. The van der Waals surface area contributed by atoms with E-state index in [0.717, 1.165) is 19.3 Å². The van der Waals surface area contributed by atoms with Crippen LogP contribution in [0, 0.1) is 5.92 Å². The van der Waals surface area contributed by atoms with Crippen molar-refractivity contribution >= 4 is 15.9 Å². The van der Waals surface area contributed by atoms with E-state index in [1.165, 1.54) is 15.9 Å². The van der Waals surface area contributed by atoms with Crippen LogP contribution in [-0.2, 0) is 16.4 Å². The Morgan fingerprint density at radius 2 is 1.66 bits per heavy atom. The summed E-state index contributed by atoms with van der Waals surface area (Å²) in [4.78, 5) is 15.0. The number of sulfonamides is 1. The SMILES string of the molecule is CCN(CC)S(=O)(=O)c1cccc(C(=O)N2CCC(Cc3ccccc3)CC2)c1. The predicted molar refractivity (Wildman–Crippen MR) is 115 cm³/mol. The van der Waals surface area contributed by atoms with Crippen LogP contribution < -0.4 is 0 Å². The maximum Gasteiger partial charge on any atom is 0.253 e. The summed E-state index contributed by atoms with van der Waals surface area (Å²) >= 11 is 0. The molecule has 156 valence electrons. The fourth-order valence-corrected chi connectivity index (χ4v) is 5.48. The second-order valence-electron chi connectivity index (χ2n) is 7.54. The van der Waals surface area contributed by atoms with Crippen molar-refractivity contribution in [2.75, 3.05) is 26.2 Å². The third-order valence-corrected chi connectivity index (χ3v) is 7.74. The summed E-state index contributed by atoms with van der Waals surface area (Å²) in [7, 11) is -3.57. The molecule has 1 fully saturated rings. The van der Waals surface area contributed by atoms with Crippen molar-refractivity contribution < 1.29 is 13.2 Å². The zero-order valence-corrected chi connectivity index (χ0v) is 18.1. The number of carbonyl (C=O) groups is 1. The van der Waals surface area contributed by atoms with E-state index < -0.39 is 10.0 Å². The van der Waals surface area contributed by atoms with Gasteiger partial charge in [-0.25, -0.2) is 8.42 Å². The molecule has 1 aliphatic heterocycles. The lowest BCUT2D eigenvalue weighted by atomic mass is 9.90. The highest BCUT2D eigenvalue weighted by molar-refractivity contribution is 7.89. The summed E-state index contributed by atoms with van der Waals surface area (Å²) in [5.41, 5.74) is 1.78. The number of amides is 1. The molecule has 0 bridgehead atoms. The average Bonchev–Trinajstić information content (AvgIpc) is 2.75. The van der Waals surface area contributed by atoms with Gasteiger partial charge in [-0.3, -0.25) is 4.79 Å².